The zero-order valence-electron chi connectivity index (χ0n) is 23.0. The molecule has 7 aromatic rings. The summed E-state index contributed by atoms with van der Waals surface area (Å²) in [6.07, 6.45) is 4.07. The van der Waals surface area contributed by atoms with Gasteiger partial charge in [0.2, 0.25) is 0 Å². The fourth-order valence-corrected chi connectivity index (χ4v) is 5.47. The van der Waals surface area contributed by atoms with E-state index in [0.717, 1.165) is 61.1 Å². The van der Waals surface area contributed by atoms with Gasteiger partial charge < -0.3 is 10.3 Å². The van der Waals surface area contributed by atoms with Crippen LogP contribution in [0.3, 0.4) is 0 Å². The van der Waals surface area contributed by atoms with Crippen LogP contribution in [-0.4, -0.2) is 14.1 Å². The van der Waals surface area contributed by atoms with Gasteiger partial charge in [0.15, 0.2) is 0 Å². The molecule has 4 nitrogen and oxygen atoms in total. The highest BCUT2D eigenvalue weighted by atomic mass is 15.1. The second-order valence-electron chi connectivity index (χ2n) is 9.56. The molecule has 196 valence electrons. The largest absolute Gasteiger partial charge is 0.398 e. The van der Waals surface area contributed by atoms with Gasteiger partial charge in [-0.25, -0.2) is 4.98 Å². The van der Waals surface area contributed by atoms with Crippen molar-refractivity contribution >= 4 is 55.3 Å². The predicted octanol–water partition coefficient (Wildman–Crippen LogP) is 9.17. The highest BCUT2D eigenvalue weighted by Crippen LogP contribution is 2.37. The van der Waals surface area contributed by atoms with Gasteiger partial charge in [-0.3, -0.25) is 4.57 Å². The number of pyridine rings is 1. The molecule has 0 spiro atoms. The molecule has 0 aliphatic heterocycles. The lowest BCUT2D eigenvalue weighted by Gasteiger charge is -2.08. The molecular weight excluding hydrogens is 488 g/mol. The van der Waals surface area contributed by atoms with Crippen molar-refractivity contribution in [1.29, 1.82) is 0 Å². The molecule has 0 saturated carbocycles. The zero-order chi connectivity index (χ0) is 27.6. The van der Waals surface area contributed by atoms with E-state index in [-0.39, 0.29) is 0 Å². The highest BCUT2D eigenvalue weighted by molar-refractivity contribution is 6.16. The monoisotopic (exact) mass is 520 g/mol. The molecule has 3 aromatic heterocycles. The Bertz CT molecular complexity index is 2020. The first-order chi connectivity index (χ1) is 19.7. The number of rotatable bonds is 4. The number of nitrogens with two attached hydrogens (primary N) is 1. The molecular formula is C36H32N4. The second kappa shape index (κ2) is 10.6. The number of hydrogen-bond donors (Lipinski definition) is 1. The molecule has 4 heteroatoms. The smallest absolute Gasteiger partial charge is 0.146 e. The molecule has 2 N–H and O–H groups in total. The summed E-state index contributed by atoms with van der Waals surface area (Å²) in [7, 11) is 0. The van der Waals surface area contributed by atoms with Crippen molar-refractivity contribution in [3.8, 4) is 5.69 Å². The topological polar surface area (TPSA) is 48.8 Å². The van der Waals surface area contributed by atoms with Crippen LogP contribution < -0.4 is 5.73 Å². The summed E-state index contributed by atoms with van der Waals surface area (Å²) in [6.45, 7) is 6.12. The minimum absolute atomic E-state index is 0.733. The van der Waals surface area contributed by atoms with E-state index >= 15 is 0 Å². The van der Waals surface area contributed by atoms with E-state index in [4.69, 9.17) is 10.7 Å². The van der Waals surface area contributed by atoms with Crippen molar-refractivity contribution in [3.05, 3.63) is 133 Å². The molecule has 0 amide bonds. The summed E-state index contributed by atoms with van der Waals surface area (Å²) >= 11 is 0. The molecule has 0 radical (unpaired) electrons. The van der Waals surface area contributed by atoms with E-state index in [9.17, 15) is 0 Å². The molecule has 0 fully saturated rings. The van der Waals surface area contributed by atoms with Gasteiger partial charge in [-0.15, -0.1) is 0 Å². The van der Waals surface area contributed by atoms with E-state index in [1.807, 2.05) is 56.3 Å². The van der Waals surface area contributed by atoms with Crippen LogP contribution in [-0.2, 0) is 0 Å². The van der Waals surface area contributed by atoms with Crippen molar-refractivity contribution in [1.82, 2.24) is 14.1 Å². The summed E-state index contributed by atoms with van der Waals surface area (Å²) in [5.41, 5.74) is 15.6. The SMILES string of the molecule is C/C(=C\C=C(/N)c1ccccc1)n1c2ccccc2c2nc3c(cc21)c1ccccc1n3-c1ccccc1.CC. The number of nitrogens with zero attached hydrogens (tertiary/aromatic N) is 3. The molecule has 7 rings (SSSR count). The van der Waals surface area contributed by atoms with Crippen LogP contribution in [0.15, 0.2) is 127 Å². The number of aromatic nitrogens is 3. The Hall–Kier alpha value is -5.09. The molecule has 0 unspecified atom stereocenters. The third-order valence-corrected chi connectivity index (χ3v) is 7.25. The average molecular weight is 521 g/mol. The minimum atomic E-state index is 0.733. The molecule has 3 heterocycles. The molecule has 0 saturated heterocycles. The van der Waals surface area contributed by atoms with Crippen LogP contribution in [0, 0.1) is 0 Å². The average Bonchev–Trinajstić information content (AvgIpc) is 3.52. The van der Waals surface area contributed by atoms with E-state index in [1.54, 1.807) is 0 Å². The van der Waals surface area contributed by atoms with E-state index in [2.05, 4.69) is 101 Å². The first-order valence-corrected chi connectivity index (χ1v) is 13.8. The number of fused-ring (bicyclic) bond motifs is 6. The maximum atomic E-state index is 6.41. The van der Waals surface area contributed by atoms with Gasteiger partial charge in [0.25, 0.3) is 0 Å². The van der Waals surface area contributed by atoms with Crippen LogP contribution in [0.1, 0.15) is 26.3 Å². The predicted molar refractivity (Wildman–Crippen MR) is 171 cm³/mol. The van der Waals surface area contributed by atoms with E-state index in [0.29, 0.717) is 0 Å². The zero-order valence-corrected chi connectivity index (χ0v) is 23.0. The maximum Gasteiger partial charge on any atom is 0.146 e. The molecule has 40 heavy (non-hydrogen) atoms. The van der Waals surface area contributed by atoms with Gasteiger partial charge in [-0.1, -0.05) is 98.8 Å². The summed E-state index contributed by atoms with van der Waals surface area (Å²) in [6, 6.07) is 39.8. The van der Waals surface area contributed by atoms with E-state index in [1.165, 1.54) is 5.39 Å². The summed E-state index contributed by atoms with van der Waals surface area (Å²) in [4.78, 5) is 5.34. The van der Waals surface area contributed by atoms with Crippen molar-refractivity contribution < 1.29 is 0 Å². The molecule has 0 aliphatic rings. The third kappa shape index (κ3) is 4.15. The number of allylic oxidation sites excluding steroid dienone is 3. The summed E-state index contributed by atoms with van der Waals surface area (Å²) < 4.78 is 4.56. The molecule has 0 bridgehead atoms. The molecule has 4 aromatic carbocycles. The lowest BCUT2D eigenvalue weighted by Crippen LogP contribution is -1.97. The van der Waals surface area contributed by atoms with Crippen LogP contribution in [0.5, 0.6) is 0 Å². The normalized spacial score (nSPS) is 12.3. The maximum absolute atomic E-state index is 6.41. The lowest BCUT2D eigenvalue weighted by atomic mass is 10.1. The van der Waals surface area contributed by atoms with E-state index < -0.39 is 0 Å². The Morgan fingerprint density at radius 3 is 1.98 bits per heavy atom. The van der Waals surface area contributed by atoms with Crippen molar-refractivity contribution in [2.24, 2.45) is 5.73 Å². The van der Waals surface area contributed by atoms with Gasteiger partial charge in [-0.2, -0.15) is 0 Å². The van der Waals surface area contributed by atoms with Crippen LogP contribution in [0.4, 0.5) is 0 Å². The fourth-order valence-electron chi connectivity index (χ4n) is 5.47. The van der Waals surface area contributed by atoms with Gasteiger partial charge in [-0.05, 0) is 55.0 Å². The highest BCUT2D eigenvalue weighted by Gasteiger charge is 2.19. The standard InChI is InChI=1S/C34H26N4.C2H6/c1-23(20-21-29(35)24-12-4-2-5-13-24)37-31-19-11-9-17-27(31)33-32(37)22-28-26-16-8-10-18-30(26)38(34(28)36-33)25-14-6-3-7-15-25;1-2/h2-22H,35H2,1H3;1-2H3/b23-20+,29-21-;. The first kappa shape index (κ1) is 25.2. The Balaban J connectivity index is 0.00000142. The Morgan fingerprint density at radius 2 is 1.25 bits per heavy atom. The number of hydrogen-bond acceptors (Lipinski definition) is 2. The second-order valence-corrected chi connectivity index (χ2v) is 9.56. The Kier molecular flexibility index (Phi) is 6.67. The number of benzene rings is 4. The van der Waals surface area contributed by atoms with Gasteiger partial charge >= 0.3 is 0 Å². The van der Waals surface area contributed by atoms with Crippen molar-refractivity contribution in [3.63, 3.8) is 0 Å². The summed E-state index contributed by atoms with van der Waals surface area (Å²) in [5.74, 6) is 0. The van der Waals surface area contributed by atoms with Crippen LogP contribution >= 0.6 is 0 Å². The lowest BCUT2D eigenvalue weighted by molar-refractivity contribution is 1.14. The first-order valence-electron chi connectivity index (χ1n) is 13.8. The van der Waals surface area contributed by atoms with Gasteiger partial charge in [0, 0.05) is 33.2 Å². The van der Waals surface area contributed by atoms with Gasteiger partial charge in [0.1, 0.15) is 5.65 Å². The quantitative estimate of drug-likeness (QED) is 0.235. The fraction of sp³-hybridized carbons (Fsp3) is 0.0833. The van der Waals surface area contributed by atoms with Crippen LogP contribution in [0.25, 0.3) is 61.0 Å². The number of para-hydroxylation sites is 3. The molecule has 0 aliphatic carbocycles. The van der Waals surface area contributed by atoms with Crippen LogP contribution in [0.2, 0.25) is 0 Å². The minimum Gasteiger partial charge on any atom is -0.398 e. The summed E-state index contributed by atoms with van der Waals surface area (Å²) in [5, 5.41) is 3.45. The molecule has 0 atom stereocenters. The van der Waals surface area contributed by atoms with Crippen molar-refractivity contribution in [2.45, 2.75) is 20.8 Å². The Labute approximate surface area is 234 Å². The third-order valence-electron chi connectivity index (χ3n) is 7.25. The van der Waals surface area contributed by atoms with Crippen molar-refractivity contribution in [2.75, 3.05) is 0 Å². The Morgan fingerprint density at radius 1 is 0.650 bits per heavy atom. The van der Waals surface area contributed by atoms with Gasteiger partial charge in [0.05, 0.1) is 22.1 Å².